The maximum Gasteiger partial charge on any atom is 0.407 e. The van der Waals surface area contributed by atoms with E-state index in [0.29, 0.717) is 25.7 Å². The first-order valence-corrected chi connectivity index (χ1v) is 15.4. The third-order valence-electron chi connectivity index (χ3n) is 5.68. The van der Waals surface area contributed by atoms with Gasteiger partial charge < -0.3 is 30.2 Å². The minimum absolute atomic E-state index is 0.139. The summed E-state index contributed by atoms with van der Waals surface area (Å²) in [6, 6.07) is -0.624. The summed E-state index contributed by atoms with van der Waals surface area (Å²) in [4.78, 5) is 46.4. The van der Waals surface area contributed by atoms with Gasteiger partial charge in [-0.2, -0.15) is 0 Å². The Morgan fingerprint density at radius 3 is 2.02 bits per heavy atom. The maximum atomic E-state index is 12.1. The van der Waals surface area contributed by atoms with E-state index in [1.54, 1.807) is 37.4 Å². The first-order valence-electron chi connectivity index (χ1n) is 15.4. The molecular formula is C35H59N3O7. The first-order chi connectivity index (χ1) is 21.3. The predicted octanol–water partition coefficient (Wildman–Crippen LogP) is 6.47. The highest BCUT2D eigenvalue weighted by Gasteiger charge is 2.31. The molecule has 0 spiro atoms. The zero-order valence-electron chi connectivity index (χ0n) is 29.5. The van der Waals surface area contributed by atoms with Crippen LogP contribution in [0.15, 0.2) is 73.1 Å². The second-order valence-electron chi connectivity index (χ2n) is 10.2. The molecule has 3 amide bonds. The number of methoxy groups -OCH3 is 1. The molecule has 0 saturated carbocycles. The van der Waals surface area contributed by atoms with Gasteiger partial charge in [0, 0.05) is 45.9 Å². The average molecular weight is 634 g/mol. The van der Waals surface area contributed by atoms with Crippen LogP contribution in [-0.4, -0.2) is 63.3 Å². The Balaban J connectivity index is -0.000000921. The van der Waals surface area contributed by atoms with Crippen LogP contribution >= 0.6 is 0 Å². The molecule has 3 N–H and O–H groups in total. The Labute approximate surface area is 272 Å². The number of alkyl carbamates (subject to hydrolysis) is 1. The molecule has 1 aliphatic heterocycles. The van der Waals surface area contributed by atoms with Crippen molar-refractivity contribution in [1.82, 2.24) is 16.0 Å². The van der Waals surface area contributed by atoms with E-state index in [4.69, 9.17) is 14.2 Å². The highest BCUT2D eigenvalue weighted by Crippen LogP contribution is 2.20. The lowest BCUT2D eigenvalue weighted by atomic mass is 9.86. The number of hydrogen-bond acceptors (Lipinski definition) is 7. The number of carbonyl (C=O) groups excluding carboxylic acids is 4. The smallest absolute Gasteiger partial charge is 0.407 e. The molecule has 0 fully saturated rings. The van der Waals surface area contributed by atoms with Gasteiger partial charge in [-0.25, -0.2) is 9.59 Å². The van der Waals surface area contributed by atoms with Crippen LogP contribution in [0, 0.1) is 5.41 Å². The molecule has 0 bridgehead atoms. The average Bonchev–Trinajstić information content (AvgIpc) is 3.02. The van der Waals surface area contributed by atoms with E-state index in [2.05, 4.69) is 29.1 Å². The van der Waals surface area contributed by atoms with E-state index in [9.17, 15) is 19.2 Å². The summed E-state index contributed by atoms with van der Waals surface area (Å²) in [5.74, 6) is -0.765. The molecule has 0 aromatic carbocycles. The van der Waals surface area contributed by atoms with Crippen LogP contribution in [0.5, 0.6) is 0 Å². The van der Waals surface area contributed by atoms with Gasteiger partial charge in [0.25, 0.3) is 0 Å². The number of hydrogen-bond donors (Lipinski definition) is 3. The van der Waals surface area contributed by atoms with Crippen molar-refractivity contribution in [3.8, 4) is 0 Å². The summed E-state index contributed by atoms with van der Waals surface area (Å²) in [7, 11) is 4.51. The molecule has 256 valence electrons. The van der Waals surface area contributed by atoms with Crippen molar-refractivity contribution >= 4 is 23.9 Å². The van der Waals surface area contributed by atoms with Crippen molar-refractivity contribution in [2.24, 2.45) is 5.41 Å². The fourth-order valence-electron chi connectivity index (χ4n) is 3.41. The van der Waals surface area contributed by atoms with E-state index in [1.165, 1.54) is 20.2 Å². The van der Waals surface area contributed by atoms with Crippen LogP contribution in [-0.2, 0) is 28.6 Å². The lowest BCUT2D eigenvalue weighted by Crippen LogP contribution is -2.52. The van der Waals surface area contributed by atoms with E-state index in [-0.39, 0.29) is 29.8 Å². The van der Waals surface area contributed by atoms with Gasteiger partial charge in [0.1, 0.15) is 18.2 Å². The van der Waals surface area contributed by atoms with Crippen molar-refractivity contribution in [2.75, 3.05) is 21.2 Å². The van der Waals surface area contributed by atoms with E-state index in [0.717, 1.165) is 5.57 Å². The van der Waals surface area contributed by atoms with Crippen molar-refractivity contribution < 1.29 is 33.4 Å². The summed E-state index contributed by atoms with van der Waals surface area (Å²) < 4.78 is 15.2. The summed E-state index contributed by atoms with van der Waals surface area (Å²) in [5.41, 5.74) is 0.575. The largest absolute Gasteiger partial charge is 0.490 e. The fraction of sp³-hybridized carbons (Fsp3) is 0.543. The molecule has 10 nitrogen and oxygen atoms in total. The zero-order chi connectivity index (χ0) is 35.4. The number of carbonyl (C=O) groups is 4. The number of cyclic esters (lactones) is 1. The Bertz CT molecular complexity index is 1010. The molecule has 1 aliphatic rings. The highest BCUT2D eigenvalue weighted by molar-refractivity contribution is 5.93. The minimum Gasteiger partial charge on any atom is -0.490 e. The number of allylic oxidation sites excluding steroid dienone is 4. The van der Waals surface area contributed by atoms with E-state index >= 15 is 0 Å². The Morgan fingerprint density at radius 2 is 1.58 bits per heavy atom. The first kappa shape index (κ1) is 45.4. The lowest BCUT2D eigenvalue weighted by Gasteiger charge is -2.29. The van der Waals surface area contributed by atoms with Crippen LogP contribution in [0.1, 0.15) is 81.1 Å². The summed E-state index contributed by atoms with van der Waals surface area (Å²) >= 11 is 0. The lowest BCUT2D eigenvalue weighted by molar-refractivity contribution is -0.149. The predicted molar refractivity (Wildman–Crippen MR) is 183 cm³/mol. The van der Waals surface area contributed by atoms with Gasteiger partial charge in [-0.05, 0) is 18.4 Å². The molecule has 0 saturated heterocycles. The Hall–Kier alpha value is -4.08. The van der Waals surface area contributed by atoms with Crippen molar-refractivity contribution in [3.63, 3.8) is 0 Å². The van der Waals surface area contributed by atoms with Gasteiger partial charge in [0.05, 0.1) is 7.11 Å². The maximum absolute atomic E-state index is 12.1. The number of amides is 3. The van der Waals surface area contributed by atoms with Gasteiger partial charge in [-0.3, -0.25) is 9.59 Å². The van der Waals surface area contributed by atoms with Crippen LogP contribution in [0.25, 0.3) is 0 Å². The summed E-state index contributed by atoms with van der Waals surface area (Å²) in [6.45, 7) is 22.7. The van der Waals surface area contributed by atoms with E-state index < -0.39 is 23.5 Å². The van der Waals surface area contributed by atoms with E-state index in [1.807, 2.05) is 67.5 Å². The van der Waals surface area contributed by atoms with Gasteiger partial charge in [-0.1, -0.05) is 90.5 Å². The van der Waals surface area contributed by atoms with Crippen molar-refractivity contribution in [3.05, 3.63) is 73.1 Å². The molecule has 1 heterocycles. The highest BCUT2D eigenvalue weighted by atomic mass is 16.6. The topological polar surface area (TPSA) is 132 Å². The third-order valence-corrected chi connectivity index (χ3v) is 5.68. The monoisotopic (exact) mass is 633 g/mol. The van der Waals surface area contributed by atoms with Crippen molar-refractivity contribution in [2.45, 2.75) is 99.3 Å². The normalized spacial score (nSPS) is 14.9. The molecule has 0 aliphatic carbocycles. The Kier molecular flexibility index (Phi) is 27.7. The number of likely N-dealkylation sites (N-methyl/N-ethyl adjacent to an activating group) is 1. The molecular weight excluding hydrogens is 574 g/mol. The standard InChI is InChI=1S/C22H32N2O5.C9H15NO2.2C2H6/c1-15(11-12-16-13-14-17(28-6)21(27)29-16)9-7-8-10-18(25)24-19(20(26)23-5)22(2,3)4;1-4-6-8(7-5-2)12-9(11)10-3;2*1-2/h7-11,14,16,19H,12-13H2,1-6H3,(H,23,26)(H,24,25);4-5,8H,1-2,6-7H2,3H3,(H,10,11);2*1-2H3/b9-7-,10-8-,15-11+;;;. The molecule has 0 aromatic rings. The Morgan fingerprint density at radius 1 is 1.02 bits per heavy atom. The molecule has 2 unspecified atom stereocenters. The molecule has 10 heteroatoms. The molecule has 1 rings (SSSR count). The number of ether oxygens (including phenoxy) is 3. The molecule has 2 atom stereocenters. The minimum atomic E-state index is -0.624. The number of nitrogens with one attached hydrogen (secondary N) is 3. The number of esters is 1. The molecule has 45 heavy (non-hydrogen) atoms. The SMILES string of the molecule is C=CCC(CC=C)OC(=O)NC.CC.CC.CNC(=O)C(NC(=O)\C=C/C=C\C(C)=C\CC1CC=C(OC)C(=O)O1)C(C)(C)C. The van der Waals surface area contributed by atoms with Gasteiger partial charge in [0.2, 0.25) is 11.8 Å². The third kappa shape index (κ3) is 22.1. The second kappa shape index (κ2) is 27.5. The van der Waals surface area contributed by atoms with Crippen LogP contribution < -0.4 is 16.0 Å². The van der Waals surface area contributed by atoms with Crippen molar-refractivity contribution in [1.29, 1.82) is 0 Å². The number of rotatable bonds is 13. The summed E-state index contributed by atoms with van der Waals surface area (Å²) in [5, 5.41) is 7.68. The second-order valence-corrected chi connectivity index (χ2v) is 10.2. The van der Waals surface area contributed by atoms with Gasteiger partial charge >= 0.3 is 12.1 Å². The van der Waals surface area contributed by atoms with Gasteiger partial charge in [-0.15, -0.1) is 13.2 Å². The van der Waals surface area contributed by atoms with Crippen LogP contribution in [0.2, 0.25) is 0 Å². The quantitative estimate of drug-likeness (QED) is 0.0916. The fourth-order valence-corrected chi connectivity index (χ4v) is 3.41. The van der Waals surface area contributed by atoms with Crippen LogP contribution in [0.4, 0.5) is 4.79 Å². The molecule has 0 aromatic heterocycles. The molecule has 0 radical (unpaired) electrons. The van der Waals surface area contributed by atoms with Gasteiger partial charge in [0.15, 0.2) is 5.76 Å². The zero-order valence-corrected chi connectivity index (χ0v) is 29.5. The van der Waals surface area contributed by atoms with Crippen LogP contribution in [0.3, 0.4) is 0 Å². The summed E-state index contributed by atoms with van der Waals surface area (Å²) in [6.07, 6.45) is 15.5.